The van der Waals surface area contributed by atoms with Gasteiger partial charge in [0.05, 0.1) is 13.0 Å². The number of aliphatic hydroxyl groups is 1. The molecule has 0 bridgehead atoms. The minimum Gasteiger partial charge on any atom is -0.469 e. The Morgan fingerprint density at radius 1 is 1.70 bits per heavy atom. The number of hydrogen-bond acceptors (Lipinski definition) is 3. The first-order chi connectivity index (χ1) is 4.76. The van der Waals surface area contributed by atoms with E-state index >= 15 is 0 Å². The second-order valence-corrected chi connectivity index (χ2v) is 2.11. The van der Waals surface area contributed by atoms with E-state index in [1.165, 1.54) is 7.11 Å². The van der Waals surface area contributed by atoms with Crippen molar-refractivity contribution >= 4 is 5.97 Å². The molecule has 0 aromatic rings. The van der Waals surface area contributed by atoms with Crippen LogP contribution in [0.5, 0.6) is 0 Å². The van der Waals surface area contributed by atoms with Crippen LogP contribution in [0.15, 0.2) is 0 Å². The standard InChI is InChI=1S/C5H8O2.C2H6O/c1-7-5(6)4-2-3-4;1-2-3/h4H,2-3H2,1H3;3H,2H2,1H3. The van der Waals surface area contributed by atoms with Crippen LogP contribution in [0.25, 0.3) is 0 Å². The predicted molar refractivity (Wildman–Crippen MR) is 37.5 cm³/mol. The molecule has 0 atom stereocenters. The molecule has 0 radical (unpaired) electrons. The van der Waals surface area contributed by atoms with Gasteiger partial charge in [-0.15, -0.1) is 0 Å². The maximum absolute atomic E-state index is 10.4. The van der Waals surface area contributed by atoms with Crippen LogP contribution < -0.4 is 0 Å². The summed E-state index contributed by atoms with van der Waals surface area (Å²) < 4.78 is 4.44. The van der Waals surface area contributed by atoms with Crippen LogP contribution in [0.4, 0.5) is 0 Å². The molecule has 0 unspecified atom stereocenters. The SMILES string of the molecule is CCO.COC(=O)C1CC1. The van der Waals surface area contributed by atoms with Gasteiger partial charge in [-0.1, -0.05) is 0 Å². The molecule has 0 aliphatic heterocycles. The molecule has 0 saturated heterocycles. The monoisotopic (exact) mass is 146 g/mol. The summed E-state index contributed by atoms with van der Waals surface area (Å²) >= 11 is 0. The molecule has 1 aliphatic rings. The Kier molecular flexibility index (Phi) is 4.94. The molecule has 3 heteroatoms. The van der Waals surface area contributed by atoms with Gasteiger partial charge in [0.15, 0.2) is 0 Å². The van der Waals surface area contributed by atoms with E-state index in [1.54, 1.807) is 6.92 Å². The molecule has 0 amide bonds. The Labute approximate surface area is 61.0 Å². The van der Waals surface area contributed by atoms with Gasteiger partial charge in [-0.25, -0.2) is 0 Å². The Morgan fingerprint density at radius 3 is 2.20 bits per heavy atom. The van der Waals surface area contributed by atoms with Gasteiger partial charge in [0.2, 0.25) is 0 Å². The van der Waals surface area contributed by atoms with Crippen molar-refractivity contribution in [3.8, 4) is 0 Å². The number of carbonyl (C=O) groups excluding carboxylic acids is 1. The third-order valence-corrected chi connectivity index (χ3v) is 1.11. The molecule has 3 nitrogen and oxygen atoms in total. The maximum atomic E-state index is 10.4. The van der Waals surface area contributed by atoms with E-state index < -0.39 is 0 Å². The van der Waals surface area contributed by atoms with E-state index in [2.05, 4.69) is 4.74 Å². The minimum absolute atomic E-state index is 0.0417. The van der Waals surface area contributed by atoms with E-state index in [-0.39, 0.29) is 18.5 Å². The molecule has 0 heterocycles. The van der Waals surface area contributed by atoms with Crippen LogP contribution in [-0.2, 0) is 9.53 Å². The van der Waals surface area contributed by atoms with Crippen LogP contribution >= 0.6 is 0 Å². The van der Waals surface area contributed by atoms with Crippen molar-refractivity contribution in [1.29, 1.82) is 0 Å². The number of aliphatic hydroxyl groups excluding tert-OH is 1. The molecule has 0 aromatic heterocycles. The quantitative estimate of drug-likeness (QED) is 0.550. The third kappa shape index (κ3) is 4.32. The number of carbonyl (C=O) groups is 1. The Bertz CT molecular complexity index is 97.0. The largest absolute Gasteiger partial charge is 0.469 e. The highest BCUT2D eigenvalue weighted by Crippen LogP contribution is 2.29. The van der Waals surface area contributed by atoms with Gasteiger partial charge in [-0.05, 0) is 19.8 Å². The Balaban J connectivity index is 0.000000236. The van der Waals surface area contributed by atoms with E-state index in [1.807, 2.05) is 0 Å². The van der Waals surface area contributed by atoms with Crippen molar-refractivity contribution in [2.75, 3.05) is 13.7 Å². The van der Waals surface area contributed by atoms with Gasteiger partial charge in [0, 0.05) is 6.61 Å². The molecule has 0 aromatic carbocycles. The number of methoxy groups -OCH3 is 1. The lowest BCUT2D eigenvalue weighted by Crippen LogP contribution is -2.00. The number of rotatable bonds is 1. The zero-order valence-corrected chi connectivity index (χ0v) is 6.46. The summed E-state index contributed by atoms with van der Waals surface area (Å²) in [5, 5.41) is 7.57. The fourth-order valence-corrected chi connectivity index (χ4v) is 0.486. The van der Waals surface area contributed by atoms with E-state index in [4.69, 9.17) is 5.11 Å². The predicted octanol–water partition coefficient (Wildman–Crippen LogP) is 0.568. The maximum Gasteiger partial charge on any atom is 0.308 e. The molecular weight excluding hydrogens is 132 g/mol. The first-order valence-electron chi connectivity index (χ1n) is 3.45. The summed E-state index contributed by atoms with van der Waals surface area (Å²) in [6.07, 6.45) is 2.07. The van der Waals surface area contributed by atoms with Gasteiger partial charge in [-0.2, -0.15) is 0 Å². The summed E-state index contributed by atoms with van der Waals surface area (Å²) in [5.41, 5.74) is 0. The van der Waals surface area contributed by atoms with Gasteiger partial charge >= 0.3 is 5.97 Å². The van der Waals surface area contributed by atoms with Crippen LogP contribution in [0.3, 0.4) is 0 Å². The normalized spacial score (nSPS) is 15.1. The smallest absolute Gasteiger partial charge is 0.308 e. The minimum atomic E-state index is -0.0417. The van der Waals surface area contributed by atoms with Gasteiger partial charge in [-0.3, -0.25) is 4.79 Å². The van der Waals surface area contributed by atoms with Crippen molar-refractivity contribution in [3.05, 3.63) is 0 Å². The number of esters is 1. The topological polar surface area (TPSA) is 46.5 Å². The van der Waals surface area contributed by atoms with Crippen LogP contribution in [0.1, 0.15) is 19.8 Å². The summed E-state index contributed by atoms with van der Waals surface area (Å²) in [6.45, 7) is 1.93. The molecule has 0 spiro atoms. The van der Waals surface area contributed by atoms with E-state index in [0.717, 1.165) is 12.8 Å². The average molecular weight is 146 g/mol. The highest BCUT2D eigenvalue weighted by Gasteiger charge is 2.30. The highest BCUT2D eigenvalue weighted by molar-refractivity contribution is 5.74. The summed E-state index contributed by atoms with van der Waals surface area (Å²) in [4.78, 5) is 10.4. The first-order valence-corrected chi connectivity index (χ1v) is 3.45. The fourth-order valence-electron chi connectivity index (χ4n) is 0.486. The Hall–Kier alpha value is -0.570. The molecule has 1 saturated carbocycles. The molecular formula is C7H14O3. The van der Waals surface area contributed by atoms with Crippen molar-refractivity contribution < 1.29 is 14.6 Å². The van der Waals surface area contributed by atoms with E-state index in [0.29, 0.717) is 0 Å². The van der Waals surface area contributed by atoms with Crippen molar-refractivity contribution in [1.82, 2.24) is 0 Å². The van der Waals surface area contributed by atoms with Gasteiger partial charge < -0.3 is 9.84 Å². The summed E-state index contributed by atoms with van der Waals surface area (Å²) in [7, 11) is 1.43. The third-order valence-electron chi connectivity index (χ3n) is 1.11. The molecule has 1 aliphatic carbocycles. The second-order valence-electron chi connectivity index (χ2n) is 2.11. The van der Waals surface area contributed by atoms with Crippen molar-refractivity contribution in [3.63, 3.8) is 0 Å². The molecule has 1 fully saturated rings. The van der Waals surface area contributed by atoms with Crippen molar-refractivity contribution in [2.45, 2.75) is 19.8 Å². The van der Waals surface area contributed by atoms with Crippen LogP contribution in [0, 0.1) is 5.92 Å². The number of ether oxygens (including phenoxy) is 1. The zero-order valence-electron chi connectivity index (χ0n) is 6.46. The lowest BCUT2D eigenvalue weighted by atomic mass is 10.4. The van der Waals surface area contributed by atoms with Crippen LogP contribution in [0.2, 0.25) is 0 Å². The average Bonchev–Trinajstić information content (AvgIpc) is 2.69. The lowest BCUT2D eigenvalue weighted by Gasteiger charge is -1.89. The van der Waals surface area contributed by atoms with E-state index in [9.17, 15) is 4.79 Å². The lowest BCUT2D eigenvalue weighted by molar-refractivity contribution is -0.142. The fraction of sp³-hybridized carbons (Fsp3) is 0.857. The summed E-state index contributed by atoms with van der Waals surface area (Å²) in [5.74, 6) is 0.213. The molecule has 10 heavy (non-hydrogen) atoms. The van der Waals surface area contributed by atoms with Crippen molar-refractivity contribution in [2.24, 2.45) is 5.92 Å². The molecule has 60 valence electrons. The van der Waals surface area contributed by atoms with Gasteiger partial charge in [0.25, 0.3) is 0 Å². The van der Waals surface area contributed by atoms with Gasteiger partial charge in [0.1, 0.15) is 0 Å². The Morgan fingerprint density at radius 2 is 2.10 bits per heavy atom. The van der Waals surface area contributed by atoms with Crippen LogP contribution in [-0.4, -0.2) is 24.8 Å². The first kappa shape index (κ1) is 9.43. The molecule has 1 rings (SSSR count). The second kappa shape index (κ2) is 5.23. The molecule has 1 N–H and O–H groups in total. The zero-order chi connectivity index (χ0) is 7.98. The highest BCUT2D eigenvalue weighted by atomic mass is 16.5. The summed E-state index contributed by atoms with van der Waals surface area (Å²) in [6, 6.07) is 0. The number of hydrogen-bond donors (Lipinski definition) is 1.